The van der Waals surface area contributed by atoms with Crippen LogP contribution in [0.1, 0.15) is 0 Å². The number of pyridine rings is 1. The Morgan fingerprint density at radius 3 is 2.38 bits per heavy atom. The van der Waals surface area contributed by atoms with Gasteiger partial charge in [0.05, 0.1) is 5.52 Å². The number of aromatic nitrogens is 1. The summed E-state index contributed by atoms with van der Waals surface area (Å²) in [6, 6.07) is 6.30. The van der Waals surface area contributed by atoms with E-state index in [0.717, 1.165) is 23.5 Å². The molecule has 0 spiro atoms. The Bertz CT molecular complexity index is 1100. The fourth-order valence-corrected chi connectivity index (χ4v) is 3.71. The first kappa shape index (κ1) is 12.4. The molecule has 21 heavy (non-hydrogen) atoms. The number of hydrogen-bond donors (Lipinski definition) is 1. The first-order valence-corrected chi connectivity index (χ1v) is 6.90. The van der Waals surface area contributed by atoms with E-state index in [0.29, 0.717) is 4.70 Å². The number of thiophene rings is 1. The van der Waals surface area contributed by atoms with Gasteiger partial charge in [0.25, 0.3) is 5.56 Å². The molecule has 4 rings (SSSR count). The summed E-state index contributed by atoms with van der Waals surface area (Å²) in [6.07, 6.45) is 0. The number of benzene rings is 2. The van der Waals surface area contributed by atoms with Gasteiger partial charge >= 0.3 is 0 Å². The third-order valence-corrected chi connectivity index (χ3v) is 4.62. The molecule has 0 radical (unpaired) electrons. The first-order valence-electron chi connectivity index (χ1n) is 6.08. The van der Waals surface area contributed by atoms with Crippen LogP contribution in [0.2, 0.25) is 0 Å². The maximum absolute atomic E-state index is 14.2. The van der Waals surface area contributed by atoms with Crippen molar-refractivity contribution in [3.63, 3.8) is 0 Å². The summed E-state index contributed by atoms with van der Waals surface area (Å²) in [6.45, 7) is 0. The molecule has 4 aromatic rings. The third-order valence-electron chi connectivity index (χ3n) is 3.46. The molecule has 6 heteroatoms. The normalized spacial score (nSPS) is 11.8. The number of nitrogens with one attached hydrogen (secondary N) is 1. The van der Waals surface area contributed by atoms with Gasteiger partial charge in [-0.25, -0.2) is 13.2 Å². The van der Waals surface area contributed by atoms with E-state index in [-0.39, 0.29) is 26.4 Å². The zero-order valence-corrected chi connectivity index (χ0v) is 11.2. The minimum atomic E-state index is -0.749. The lowest BCUT2D eigenvalue weighted by Gasteiger charge is -2.03. The van der Waals surface area contributed by atoms with Crippen molar-refractivity contribution in [2.45, 2.75) is 0 Å². The molecule has 0 fully saturated rings. The molecule has 2 aromatic heterocycles. The minimum absolute atomic E-state index is 0.0963. The highest BCUT2D eigenvalue weighted by Gasteiger charge is 2.19. The lowest BCUT2D eigenvalue weighted by atomic mass is 10.1. The number of H-pyrrole nitrogens is 1. The van der Waals surface area contributed by atoms with E-state index in [1.54, 1.807) is 6.07 Å². The predicted octanol–water partition coefficient (Wildman–Crippen LogP) is 4.31. The van der Waals surface area contributed by atoms with Crippen LogP contribution in [-0.4, -0.2) is 4.98 Å². The maximum Gasteiger partial charge on any atom is 0.266 e. The highest BCUT2D eigenvalue weighted by atomic mass is 32.1. The molecule has 0 amide bonds. The van der Waals surface area contributed by atoms with Gasteiger partial charge in [0.1, 0.15) is 22.2 Å². The number of rotatable bonds is 0. The zero-order chi connectivity index (χ0) is 14.7. The van der Waals surface area contributed by atoms with Gasteiger partial charge < -0.3 is 4.98 Å². The van der Waals surface area contributed by atoms with Crippen molar-refractivity contribution in [1.29, 1.82) is 0 Å². The summed E-state index contributed by atoms with van der Waals surface area (Å²) in [4.78, 5) is 14.4. The van der Waals surface area contributed by atoms with E-state index >= 15 is 0 Å². The van der Waals surface area contributed by atoms with Crippen molar-refractivity contribution in [2.75, 3.05) is 0 Å². The molecule has 0 aliphatic rings. The molecule has 104 valence electrons. The third kappa shape index (κ3) is 1.56. The molecule has 2 heterocycles. The van der Waals surface area contributed by atoms with E-state index in [9.17, 15) is 18.0 Å². The van der Waals surface area contributed by atoms with Crippen LogP contribution >= 0.6 is 11.3 Å². The van der Waals surface area contributed by atoms with Gasteiger partial charge in [0, 0.05) is 20.9 Å². The second kappa shape index (κ2) is 4.08. The summed E-state index contributed by atoms with van der Waals surface area (Å²) < 4.78 is 42.8. The molecular weight excluding hydrogens is 299 g/mol. The Morgan fingerprint density at radius 1 is 0.857 bits per heavy atom. The molecule has 0 atom stereocenters. The van der Waals surface area contributed by atoms with Gasteiger partial charge in [0.2, 0.25) is 0 Å². The van der Waals surface area contributed by atoms with Crippen LogP contribution in [-0.2, 0) is 0 Å². The molecule has 2 aromatic carbocycles. The van der Waals surface area contributed by atoms with Crippen LogP contribution in [0.4, 0.5) is 13.2 Å². The predicted molar refractivity (Wildman–Crippen MR) is 77.3 cm³/mol. The van der Waals surface area contributed by atoms with Crippen LogP contribution in [0, 0.1) is 17.5 Å². The van der Waals surface area contributed by atoms with Crippen LogP contribution in [0.3, 0.4) is 0 Å². The largest absolute Gasteiger partial charge is 0.318 e. The summed E-state index contributed by atoms with van der Waals surface area (Å²) in [5.74, 6) is -2.01. The van der Waals surface area contributed by atoms with E-state index in [1.165, 1.54) is 12.1 Å². The van der Waals surface area contributed by atoms with Crippen LogP contribution < -0.4 is 5.56 Å². The standard InChI is InChI=1S/C15H6F3NOS/c16-6-2-1-3-9-10(6)12-11-7(17)4-5-8(18)13(11)19-15(20)14(12)21-9/h1-5H,(H,19,20). The smallest absolute Gasteiger partial charge is 0.266 e. The Morgan fingerprint density at radius 2 is 1.57 bits per heavy atom. The quantitative estimate of drug-likeness (QED) is 0.516. The minimum Gasteiger partial charge on any atom is -0.318 e. The van der Waals surface area contributed by atoms with E-state index in [2.05, 4.69) is 4.98 Å². The lowest BCUT2D eigenvalue weighted by molar-refractivity contribution is 0.615. The summed E-state index contributed by atoms with van der Waals surface area (Å²) in [5.41, 5.74) is -0.793. The van der Waals surface area contributed by atoms with E-state index < -0.39 is 23.0 Å². The van der Waals surface area contributed by atoms with Crippen molar-refractivity contribution < 1.29 is 13.2 Å². The van der Waals surface area contributed by atoms with Crippen molar-refractivity contribution in [3.05, 3.63) is 58.1 Å². The van der Waals surface area contributed by atoms with Gasteiger partial charge in [-0.05, 0) is 24.3 Å². The number of fused-ring (bicyclic) bond motifs is 5. The van der Waals surface area contributed by atoms with Crippen molar-refractivity contribution in [3.8, 4) is 0 Å². The molecule has 0 saturated carbocycles. The second-order valence-corrected chi connectivity index (χ2v) is 5.70. The second-order valence-electron chi connectivity index (χ2n) is 4.65. The average molecular weight is 305 g/mol. The Labute approximate surface area is 119 Å². The highest BCUT2D eigenvalue weighted by Crippen LogP contribution is 2.38. The lowest BCUT2D eigenvalue weighted by Crippen LogP contribution is -2.06. The van der Waals surface area contributed by atoms with Gasteiger partial charge in [-0.2, -0.15) is 0 Å². The van der Waals surface area contributed by atoms with Crippen LogP contribution in [0.25, 0.3) is 31.1 Å². The van der Waals surface area contributed by atoms with Gasteiger partial charge in [0.15, 0.2) is 0 Å². The molecule has 0 bridgehead atoms. The fourth-order valence-electron chi connectivity index (χ4n) is 2.59. The number of halogens is 3. The van der Waals surface area contributed by atoms with Crippen LogP contribution in [0.5, 0.6) is 0 Å². The summed E-state index contributed by atoms with van der Waals surface area (Å²) >= 11 is 1.06. The highest BCUT2D eigenvalue weighted by molar-refractivity contribution is 7.26. The molecule has 0 aliphatic heterocycles. The van der Waals surface area contributed by atoms with Gasteiger partial charge in [-0.3, -0.25) is 4.79 Å². The van der Waals surface area contributed by atoms with Crippen molar-refractivity contribution in [1.82, 2.24) is 4.98 Å². The summed E-state index contributed by atoms with van der Waals surface area (Å²) in [5, 5.41) is 0.183. The maximum atomic E-state index is 14.2. The van der Waals surface area contributed by atoms with Gasteiger partial charge in [-0.15, -0.1) is 11.3 Å². The topological polar surface area (TPSA) is 32.9 Å². The summed E-state index contributed by atoms with van der Waals surface area (Å²) in [7, 11) is 0. The average Bonchev–Trinajstić information content (AvgIpc) is 2.84. The molecule has 0 unspecified atom stereocenters. The van der Waals surface area contributed by atoms with Crippen LogP contribution in [0.15, 0.2) is 35.1 Å². The van der Waals surface area contributed by atoms with E-state index in [1.807, 2.05) is 0 Å². The fraction of sp³-hybridized carbons (Fsp3) is 0. The Kier molecular flexibility index (Phi) is 2.41. The molecule has 2 nitrogen and oxygen atoms in total. The molecular formula is C15H6F3NOS. The molecule has 0 aliphatic carbocycles. The number of hydrogen-bond acceptors (Lipinski definition) is 2. The first-order chi connectivity index (χ1) is 10.1. The monoisotopic (exact) mass is 305 g/mol. The number of aromatic amines is 1. The van der Waals surface area contributed by atoms with Crippen molar-refractivity contribution in [2.24, 2.45) is 0 Å². The zero-order valence-electron chi connectivity index (χ0n) is 10.3. The molecule has 1 N–H and O–H groups in total. The van der Waals surface area contributed by atoms with E-state index in [4.69, 9.17) is 0 Å². The Balaban J connectivity index is 2.48. The Hall–Kier alpha value is -2.34. The van der Waals surface area contributed by atoms with Gasteiger partial charge in [-0.1, -0.05) is 6.07 Å². The molecule has 0 saturated heterocycles. The van der Waals surface area contributed by atoms with Crippen molar-refractivity contribution >= 4 is 42.4 Å². The SMILES string of the molecule is O=c1[nH]c2c(F)ccc(F)c2c2c1sc1cccc(F)c12.